The van der Waals surface area contributed by atoms with Gasteiger partial charge in [-0.2, -0.15) is 0 Å². The molecule has 1 heterocycles. The molecule has 84 valence electrons. The molecule has 1 aromatic heterocycles. The molecule has 0 saturated heterocycles. The van der Waals surface area contributed by atoms with E-state index >= 15 is 0 Å². The van der Waals surface area contributed by atoms with Crippen molar-refractivity contribution in [2.45, 2.75) is 6.04 Å². The molecule has 16 heavy (non-hydrogen) atoms. The molecule has 0 aliphatic carbocycles. The zero-order valence-corrected chi connectivity index (χ0v) is 10.1. The molecule has 0 radical (unpaired) electrons. The summed E-state index contributed by atoms with van der Waals surface area (Å²) in [6.45, 7) is 0. The van der Waals surface area contributed by atoms with Gasteiger partial charge in [-0.25, -0.2) is 5.43 Å². The van der Waals surface area contributed by atoms with Crippen molar-refractivity contribution in [1.82, 2.24) is 5.43 Å². The molecule has 0 saturated carbocycles. The lowest BCUT2D eigenvalue weighted by Gasteiger charge is -2.16. The van der Waals surface area contributed by atoms with Crippen LogP contribution in [0.25, 0.3) is 0 Å². The van der Waals surface area contributed by atoms with Crippen LogP contribution >= 0.6 is 22.9 Å². The Morgan fingerprint density at radius 1 is 1.31 bits per heavy atom. The largest absolute Gasteiger partial charge is 0.398 e. The van der Waals surface area contributed by atoms with E-state index in [1.807, 2.05) is 29.6 Å². The minimum atomic E-state index is -0.0859. The molecule has 2 rings (SSSR count). The summed E-state index contributed by atoms with van der Waals surface area (Å²) in [5.74, 6) is 5.57. The standard InChI is InChI=1S/C11H12ClN3S/c12-7-3-4-8(9(13)6-7)11(15-14)10-2-1-5-16-10/h1-6,11,15H,13-14H2. The van der Waals surface area contributed by atoms with Crippen LogP contribution in [0.3, 0.4) is 0 Å². The van der Waals surface area contributed by atoms with Gasteiger partial charge in [0, 0.05) is 15.6 Å². The van der Waals surface area contributed by atoms with Gasteiger partial charge in [0.2, 0.25) is 0 Å². The van der Waals surface area contributed by atoms with Crippen LogP contribution in [0.15, 0.2) is 35.7 Å². The van der Waals surface area contributed by atoms with Crippen molar-refractivity contribution >= 4 is 28.6 Å². The molecule has 0 fully saturated rings. The van der Waals surface area contributed by atoms with E-state index in [0.29, 0.717) is 10.7 Å². The van der Waals surface area contributed by atoms with Crippen molar-refractivity contribution in [3.8, 4) is 0 Å². The molecule has 0 amide bonds. The second kappa shape index (κ2) is 4.84. The second-order valence-corrected chi connectivity index (χ2v) is 4.80. The molecule has 0 aliphatic rings. The quantitative estimate of drug-likeness (QED) is 0.448. The molecule has 2 aromatic rings. The van der Waals surface area contributed by atoms with Gasteiger partial charge in [-0.1, -0.05) is 23.7 Å². The SMILES string of the molecule is NNC(c1cccs1)c1ccc(Cl)cc1N. The van der Waals surface area contributed by atoms with E-state index in [9.17, 15) is 0 Å². The lowest BCUT2D eigenvalue weighted by Crippen LogP contribution is -2.28. The normalized spacial score (nSPS) is 12.6. The molecule has 0 spiro atoms. The Balaban J connectivity index is 2.41. The summed E-state index contributed by atoms with van der Waals surface area (Å²) in [5, 5.41) is 2.63. The maximum absolute atomic E-state index is 5.93. The number of hydrogen-bond donors (Lipinski definition) is 3. The Morgan fingerprint density at radius 2 is 2.12 bits per heavy atom. The summed E-state index contributed by atoms with van der Waals surface area (Å²) in [4.78, 5) is 1.12. The number of thiophene rings is 1. The highest BCUT2D eigenvalue weighted by molar-refractivity contribution is 7.10. The molecule has 1 unspecified atom stereocenters. The number of hydrazine groups is 1. The molecular weight excluding hydrogens is 242 g/mol. The summed E-state index contributed by atoms with van der Waals surface area (Å²) in [7, 11) is 0. The first-order valence-electron chi connectivity index (χ1n) is 4.77. The Kier molecular flexibility index (Phi) is 3.46. The molecule has 1 aromatic carbocycles. The van der Waals surface area contributed by atoms with Gasteiger partial charge >= 0.3 is 0 Å². The van der Waals surface area contributed by atoms with Crippen LogP contribution < -0.4 is 17.0 Å². The smallest absolute Gasteiger partial charge is 0.0822 e. The van der Waals surface area contributed by atoms with E-state index in [4.69, 9.17) is 23.2 Å². The van der Waals surface area contributed by atoms with Gasteiger partial charge in [-0.15, -0.1) is 11.3 Å². The Hall–Kier alpha value is -1.07. The summed E-state index contributed by atoms with van der Waals surface area (Å²) >= 11 is 7.49. The molecule has 0 bridgehead atoms. The fourth-order valence-corrected chi connectivity index (χ4v) is 2.57. The Labute approximate surface area is 103 Å². The molecule has 5 N–H and O–H groups in total. The first-order valence-corrected chi connectivity index (χ1v) is 6.02. The van der Waals surface area contributed by atoms with Crippen LogP contribution in [-0.4, -0.2) is 0 Å². The van der Waals surface area contributed by atoms with E-state index in [0.717, 1.165) is 10.4 Å². The number of nitrogens with one attached hydrogen (secondary N) is 1. The predicted molar refractivity (Wildman–Crippen MR) is 69.3 cm³/mol. The van der Waals surface area contributed by atoms with Gasteiger partial charge in [0.05, 0.1) is 6.04 Å². The van der Waals surface area contributed by atoms with E-state index in [1.54, 1.807) is 17.4 Å². The van der Waals surface area contributed by atoms with Crippen molar-refractivity contribution in [1.29, 1.82) is 0 Å². The number of rotatable bonds is 3. The average molecular weight is 254 g/mol. The average Bonchev–Trinajstić information content (AvgIpc) is 2.75. The Bertz CT molecular complexity index is 470. The van der Waals surface area contributed by atoms with Crippen LogP contribution in [0, 0.1) is 0 Å². The fraction of sp³-hybridized carbons (Fsp3) is 0.0909. The third-order valence-electron chi connectivity index (χ3n) is 2.35. The highest BCUT2D eigenvalue weighted by Gasteiger charge is 2.15. The second-order valence-electron chi connectivity index (χ2n) is 3.39. The Morgan fingerprint density at radius 3 is 2.69 bits per heavy atom. The molecule has 0 aliphatic heterocycles. The number of nitrogens with two attached hydrogens (primary N) is 2. The van der Waals surface area contributed by atoms with Gasteiger partial charge in [-0.05, 0) is 29.1 Å². The van der Waals surface area contributed by atoms with E-state index < -0.39 is 0 Å². The first-order chi connectivity index (χ1) is 7.72. The minimum absolute atomic E-state index is 0.0859. The number of nitrogen functional groups attached to an aromatic ring is 1. The van der Waals surface area contributed by atoms with Crippen molar-refractivity contribution in [2.75, 3.05) is 5.73 Å². The fourth-order valence-electron chi connectivity index (χ4n) is 1.59. The number of halogens is 1. The lowest BCUT2D eigenvalue weighted by molar-refractivity contribution is 0.648. The molecular formula is C11H12ClN3S. The van der Waals surface area contributed by atoms with Crippen LogP contribution in [0.1, 0.15) is 16.5 Å². The maximum Gasteiger partial charge on any atom is 0.0822 e. The molecule has 3 nitrogen and oxygen atoms in total. The molecule has 1 atom stereocenters. The van der Waals surface area contributed by atoms with Gasteiger partial charge in [-0.3, -0.25) is 5.84 Å². The topological polar surface area (TPSA) is 64.1 Å². The number of anilines is 1. The van der Waals surface area contributed by atoms with E-state index in [-0.39, 0.29) is 6.04 Å². The van der Waals surface area contributed by atoms with Crippen LogP contribution in [0.5, 0.6) is 0 Å². The van der Waals surface area contributed by atoms with E-state index in [2.05, 4.69) is 5.43 Å². The van der Waals surface area contributed by atoms with Crippen molar-refractivity contribution in [3.63, 3.8) is 0 Å². The van der Waals surface area contributed by atoms with Crippen molar-refractivity contribution in [2.24, 2.45) is 5.84 Å². The van der Waals surface area contributed by atoms with Crippen LogP contribution in [0.2, 0.25) is 5.02 Å². The van der Waals surface area contributed by atoms with Gasteiger partial charge in [0.15, 0.2) is 0 Å². The van der Waals surface area contributed by atoms with Crippen molar-refractivity contribution < 1.29 is 0 Å². The highest BCUT2D eigenvalue weighted by Crippen LogP contribution is 2.30. The number of benzene rings is 1. The van der Waals surface area contributed by atoms with Gasteiger partial charge in [0.25, 0.3) is 0 Å². The predicted octanol–water partition coefficient (Wildman–Crippen LogP) is 2.54. The zero-order valence-electron chi connectivity index (χ0n) is 8.48. The van der Waals surface area contributed by atoms with Crippen LogP contribution in [-0.2, 0) is 0 Å². The maximum atomic E-state index is 5.93. The first kappa shape index (κ1) is 11.4. The van der Waals surface area contributed by atoms with Crippen LogP contribution in [0.4, 0.5) is 5.69 Å². The minimum Gasteiger partial charge on any atom is -0.398 e. The van der Waals surface area contributed by atoms with E-state index in [1.165, 1.54) is 0 Å². The zero-order chi connectivity index (χ0) is 11.5. The summed E-state index contributed by atoms with van der Waals surface area (Å²) in [5.41, 5.74) is 10.3. The molecule has 5 heteroatoms. The summed E-state index contributed by atoms with van der Waals surface area (Å²) in [6.07, 6.45) is 0. The lowest BCUT2D eigenvalue weighted by atomic mass is 10.0. The summed E-state index contributed by atoms with van der Waals surface area (Å²) < 4.78 is 0. The highest BCUT2D eigenvalue weighted by atomic mass is 35.5. The number of hydrogen-bond acceptors (Lipinski definition) is 4. The third kappa shape index (κ3) is 2.20. The van der Waals surface area contributed by atoms with Gasteiger partial charge in [0.1, 0.15) is 0 Å². The third-order valence-corrected chi connectivity index (χ3v) is 3.53. The van der Waals surface area contributed by atoms with Gasteiger partial charge < -0.3 is 5.73 Å². The summed E-state index contributed by atoms with van der Waals surface area (Å²) in [6, 6.07) is 9.35. The van der Waals surface area contributed by atoms with Crippen molar-refractivity contribution in [3.05, 3.63) is 51.2 Å². The monoisotopic (exact) mass is 253 g/mol.